The Morgan fingerprint density at radius 3 is 2.62 bits per heavy atom. The van der Waals surface area contributed by atoms with Crippen molar-refractivity contribution in [2.75, 3.05) is 23.3 Å². The normalized spacial score (nSPS) is 15.3. The van der Waals surface area contributed by atoms with Crippen LogP contribution < -0.4 is 10.2 Å². The average molecular weight is 326 g/mol. The second-order valence-corrected chi connectivity index (χ2v) is 6.22. The maximum absolute atomic E-state index is 13.5. The predicted molar refractivity (Wildman–Crippen MR) is 96.0 cm³/mol. The van der Waals surface area contributed by atoms with E-state index in [0.717, 1.165) is 24.5 Å². The summed E-state index contributed by atoms with van der Waals surface area (Å²) in [5.41, 5.74) is 2.62. The van der Waals surface area contributed by atoms with Crippen LogP contribution >= 0.6 is 0 Å². The first-order valence-electron chi connectivity index (χ1n) is 8.59. The summed E-state index contributed by atoms with van der Waals surface area (Å²) in [6.45, 7) is 3.99. The molecule has 24 heavy (non-hydrogen) atoms. The first-order valence-corrected chi connectivity index (χ1v) is 8.59. The smallest absolute Gasteiger partial charge is 0.231 e. The number of anilines is 2. The quantitative estimate of drug-likeness (QED) is 0.873. The molecule has 1 N–H and O–H groups in total. The molecular formula is C20H23FN2O. The lowest BCUT2D eigenvalue weighted by atomic mass is 9.95. The summed E-state index contributed by atoms with van der Waals surface area (Å²) in [6.07, 6.45) is 2.99. The van der Waals surface area contributed by atoms with Crippen LogP contribution in [0, 0.1) is 5.82 Å². The van der Waals surface area contributed by atoms with Crippen LogP contribution in [0.15, 0.2) is 48.5 Å². The van der Waals surface area contributed by atoms with Crippen LogP contribution in [-0.2, 0) is 4.79 Å². The maximum atomic E-state index is 13.5. The van der Waals surface area contributed by atoms with E-state index in [9.17, 15) is 9.18 Å². The van der Waals surface area contributed by atoms with E-state index in [2.05, 4.69) is 10.2 Å². The van der Waals surface area contributed by atoms with E-state index in [0.29, 0.717) is 12.0 Å². The summed E-state index contributed by atoms with van der Waals surface area (Å²) in [7, 11) is 0. The molecular weight excluding hydrogens is 303 g/mol. The minimum absolute atomic E-state index is 0.0882. The van der Waals surface area contributed by atoms with Crippen LogP contribution in [0.1, 0.15) is 37.7 Å². The van der Waals surface area contributed by atoms with E-state index < -0.39 is 0 Å². The van der Waals surface area contributed by atoms with E-state index in [-0.39, 0.29) is 17.6 Å². The number of benzene rings is 2. The monoisotopic (exact) mass is 326 g/mol. The minimum atomic E-state index is -0.354. The first kappa shape index (κ1) is 16.5. The number of hydrogen-bond donors (Lipinski definition) is 1. The number of amides is 1. The number of halogens is 1. The molecule has 1 amide bonds. The molecule has 0 aliphatic carbocycles. The van der Waals surface area contributed by atoms with Gasteiger partial charge in [-0.3, -0.25) is 4.79 Å². The van der Waals surface area contributed by atoms with Crippen molar-refractivity contribution in [2.24, 2.45) is 0 Å². The maximum Gasteiger partial charge on any atom is 0.231 e. The van der Waals surface area contributed by atoms with Crippen molar-refractivity contribution in [1.82, 2.24) is 0 Å². The highest BCUT2D eigenvalue weighted by Crippen LogP contribution is 2.30. The molecule has 0 radical (unpaired) electrons. The van der Waals surface area contributed by atoms with E-state index >= 15 is 0 Å². The largest absolute Gasteiger partial charge is 0.370 e. The molecule has 126 valence electrons. The van der Waals surface area contributed by atoms with Gasteiger partial charge in [-0.2, -0.15) is 0 Å². The van der Waals surface area contributed by atoms with Gasteiger partial charge in [0.25, 0.3) is 0 Å². The standard InChI is InChI=1S/C20H23FN2O/c1-2-17(15-8-7-9-16(21)14-15)20(24)22-18-10-3-4-11-19(18)23-12-5-6-13-23/h3-4,7-11,14,17H,2,5-6,12-13H2,1H3,(H,22,24). The molecule has 1 heterocycles. The second kappa shape index (κ2) is 7.47. The molecule has 0 saturated carbocycles. The van der Waals surface area contributed by atoms with Crippen LogP contribution in [-0.4, -0.2) is 19.0 Å². The number of nitrogens with zero attached hydrogens (tertiary/aromatic N) is 1. The molecule has 1 aliphatic rings. The zero-order valence-electron chi connectivity index (χ0n) is 14.0. The Hall–Kier alpha value is -2.36. The van der Waals surface area contributed by atoms with Crippen molar-refractivity contribution >= 4 is 17.3 Å². The minimum Gasteiger partial charge on any atom is -0.370 e. The van der Waals surface area contributed by atoms with Crippen molar-refractivity contribution < 1.29 is 9.18 Å². The number of nitrogens with one attached hydrogen (secondary N) is 1. The van der Waals surface area contributed by atoms with Gasteiger partial charge < -0.3 is 10.2 Å². The number of carbonyl (C=O) groups excluding carboxylic acids is 1. The van der Waals surface area contributed by atoms with Crippen molar-refractivity contribution in [3.8, 4) is 0 Å². The van der Waals surface area contributed by atoms with E-state index in [4.69, 9.17) is 0 Å². The van der Waals surface area contributed by atoms with Gasteiger partial charge in [0.05, 0.1) is 17.3 Å². The van der Waals surface area contributed by atoms with Gasteiger partial charge in [0.15, 0.2) is 0 Å². The first-order chi connectivity index (χ1) is 11.7. The lowest BCUT2D eigenvalue weighted by molar-refractivity contribution is -0.117. The van der Waals surface area contributed by atoms with Crippen molar-refractivity contribution in [2.45, 2.75) is 32.1 Å². The number of carbonyl (C=O) groups is 1. The summed E-state index contributed by atoms with van der Waals surface area (Å²) in [4.78, 5) is 15.1. The van der Waals surface area contributed by atoms with Gasteiger partial charge in [-0.15, -0.1) is 0 Å². The fourth-order valence-corrected chi connectivity index (χ4v) is 3.33. The van der Waals surface area contributed by atoms with Crippen LogP contribution in [0.2, 0.25) is 0 Å². The van der Waals surface area contributed by atoms with Crippen molar-refractivity contribution in [3.05, 3.63) is 59.9 Å². The van der Waals surface area contributed by atoms with E-state index in [1.807, 2.05) is 37.3 Å². The molecule has 4 heteroatoms. The highest BCUT2D eigenvalue weighted by molar-refractivity contribution is 5.98. The lowest BCUT2D eigenvalue weighted by Crippen LogP contribution is -2.24. The summed E-state index contributed by atoms with van der Waals surface area (Å²) in [6, 6.07) is 14.2. The van der Waals surface area contributed by atoms with Crippen LogP contribution in [0.5, 0.6) is 0 Å². The highest BCUT2D eigenvalue weighted by atomic mass is 19.1. The Morgan fingerprint density at radius 1 is 1.17 bits per heavy atom. The van der Waals surface area contributed by atoms with Gasteiger partial charge in [-0.05, 0) is 49.1 Å². The third-order valence-corrected chi connectivity index (χ3v) is 4.58. The van der Waals surface area contributed by atoms with Crippen LogP contribution in [0.4, 0.5) is 15.8 Å². The second-order valence-electron chi connectivity index (χ2n) is 6.22. The summed E-state index contributed by atoms with van der Waals surface area (Å²) < 4.78 is 13.5. The van der Waals surface area contributed by atoms with Gasteiger partial charge in [0.2, 0.25) is 5.91 Å². The summed E-state index contributed by atoms with van der Waals surface area (Å²) >= 11 is 0. The Morgan fingerprint density at radius 2 is 1.92 bits per heavy atom. The Balaban J connectivity index is 1.81. The third kappa shape index (κ3) is 3.58. The zero-order chi connectivity index (χ0) is 16.9. The molecule has 0 aromatic heterocycles. The number of para-hydroxylation sites is 2. The third-order valence-electron chi connectivity index (χ3n) is 4.58. The Labute approximate surface area is 142 Å². The molecule has 1 atom stereocenters. The molecule has 1 aliphatic heterocycles. The molecule has 1 saturated heterocycles. The predicted octanol–water partition coefficient (Wildman–Crippen LogP) is 4.56. The van der Waals surface area contributed by atoms with Crippen LogP contribution in [0.25, 0.3) is 0 Å². The fraction of sp³-hybridized carbons (Fsp3) is 0.350. The van der Waals surface area contributed by atoms with Gasteiger partial charge in [-0.25, -0.2) is 4.39 Å². The molecule has 0 bridgehead atoms. The van der Waals surface area contributed by atoms with Crippen LogP contribution in [0.3, 0.4) is 0 Å². The number of hydrogen-bond acceptors (Lipinski definition) is 2. The summed E-state index contributed by atoms with van der Waals surface area (Å²) in [5.74, 6) is -0.752. The lowest BCUT2D eigenvalue weighted by Gasteiger charge is -2.23. The Bertz CT molecular complexity index is 710. The SMILES string of the molecule is CCC(C(=O)Nc1ccccc1N1CCCC1)c1cccc(F)c1. The Kier molecular flexibility index (Phi) is 5.14. The topological polar surface area (TPSA) is 32.3 Å². The molecule has 2 aromatic carbocycles. The van der Waals surface area contributed by atoms with E-state index in [1.165, 1.54) is 25.0 Å². The molecule has 1 fully saturated rings. The summed E-state index contributed by atoms with van der Waals surface area (Å²) in [5, 5.41) is 3.05. The highest BCUT2D eigenvalue weighted by Gasteiger charge is 2.22. The van der Waals surface area contributed by atoms with Crippen molar-refractivity contribution in [1.29, 1.82) is 0 Å². The van der Waals surface area contributed by atoms with Gasteiger partial charge >= 0.3 is 0 Å². The van der Waals surface area contributed by atoms with Crippen molar-refractivity contribution in [3.63, 3.8) is 0 Å². The van der Waals surface area contributed by atoms with E-state index in [1.54, 1.807) is 6.07 Å². The van der Waals surface area contributed by atoms with Gasteiger partial charge in [0.1, 0.15) is 5.82 Å². The van der Waals surface area contributed by atoms with Gasteiger partial charge in [-0.1, -0.05) is 31.2 Å². The van der Waals surface area contributed by atoms with Gasteiger partial charge in [0, 0.05) is 13.1 Å². The molecule has 2 aromatic rings. The average Bonchev–Trinajstić information content (AvgIpc) is 3.10. The fourth-order valence-electron chi connectivity index (χ4n) is 3.33. The molecule has 1 unspecified atom stereocenters. The molecule has 3 rings (SSSR count). The molecule has 3 nitrogen and oxygen atoms in total. The zero-order valence-corrected chi connectivity index (χ0v) is 14.0. The number of rotatable bonds is 5. The molecule has 0 spiro atoms.